The van der Waals surface area contributed by atoms with Crippen molar-refractivity contribution in [3.8, 4) is 17.9 Å². The fraction of sp³-hybridized carbons (Fsp3) is 0.333. The zero-order valence-electron chi connectivity index (χ0n) is 16.6. The zero-order chi connectivity index (χ0) is 24.4. The first-order valence-corrected chi connectivity index (χ1v) is 9.35. The molecule has 3 rings (SSSR count). The van der Waals surface area contributed by atoms with Crippen molar-refractivity contribution in [2.24, 2.45) is 0 Å². The van der Waals surface area contributed by atoms with E-state index in [9.17, 15) is 31.4 Å². The van der Waals surface area contributed by atoms with Crippen molar-refractivity contribution in [3.05, 3.63) is 59.2 Å². The Kier molecular flexibility index (Phi) is 6.72. The number of halogens is 6. The Morgan fingerprint density at radius 3 is 2.27 bits per heavy atom. The Morgan fingerprint density at radius 2 is 1.73 bits per heavy atom. The van der Waals surface area contributed by atoms with Crippen molar-refractivity contribution in [2.75, 3.05) is 18.1 Å². The van der Waals surface area contributed by atoms with E-state index in [1.807, 2.05) is 6.07 Å². The van der Waals surface area contributed by atoms with E-state index in [-0.39, 0.29) is 18.8 Å². The van der Waals surface area contributed by atoms with E-state index in [1.54, 1.807) is 0 Å². The van der Waals surface area contributed by atoms with Gasteiger partial charge < -0.3 is 19.5 Å². The molecular weight excluding hydrogens is 456 g/mol. The Balaban J connectivity index is 1.86. The molecule has 33 heavy (non-hydrogen) atoms. The minimum Gasteiger partial charge on any atom is -0.491 e. The summed E-state index contributed by atoms with van der Waals surface area (Å²) in [6.45, 7) is -0.594. The van der Waals surface area contributed by atoms with Crippen LogP contribution in [-0.4, -0.2) is 42.9 Å². The van der Waals surface area contributed by atoms with Crippen molar-refractivity contribution in [2.45, 2.75) is 30.8 Å². The van der Waals surface area contributed by atoms with Gasteiger partial charge in [0.1, 0.15) is 18.5 Å². The molecule has 174 valence electrons. The number of alkyl halides is 6. The molecule has 0 bridgehead atoms. The van der Waals surface area contributed by atoms with Crippen LogP contribution < -0.4 is 9.64 Å². The van der Waals surface area contributed by atoms with Crippen molar-refractivity contribution in [1.82, 2.24) is 0 Å². The van der Waals surface area contributed by atoms with Gasteiger partial charge in [0, 0.05) is 5.69 Å². The monoisotopic (exact) mass is 471 g/mol. The lowest BCUT2D eigenvalue weighted by Gasteiger charge is -2.30. The third-order valence-electron chi connectivity index (χ3n) is 4.82. The summed E-state index contributed by atoms with van der Waals surface area (Å²) in [5.41, 5.74) is -1.96. The molecule has 0 radical (unpaired) electrons. The number of hydrogen-bond donors (Lipinski definition) is 1. The van der Waals surface area contributed by atoms with E-state index in [0.29, 0.717) is 17.4 Å². The van der Waals surface area contributed by atoms with Gasteiger partial charge in [-0.05, 0) is 42.5 Å². The predicted molar refractivity (Wildman–Crippen MR) is 101 cm³/mol. The molecule has 1 fully saturated rings. The van der Waals surface area contributed by atoms with E-state index in [4.69, 9.17) is 20.0 Å². The average Bonchev–Trinajstić information content (AvgIpc) is 3.19. The minimum absolute atomic E-state index is 0.272. The smallest absolute Gasteiger partial charge is 0.418 e. The summed E-state index contributed by atoms with van der Waals surface area (Å²) in [6.07, 6.45) is -16.1. The Labute approximate surface area is 183 Å². The van der Waals surface area contributed by atoms with Crippen molar-refractivity contribution < 1.29 is 40.9 Å². The number of nitriles is 2. The van der Waals surface area contributed by atoms with Crippen LogP contribution in [0.1, 0.15) is 16.7 Å². The minimum atomic E-state index is -5.11. The molecule has 2 aromatic carbocycles. The Morgan fingerprint density at radius 1 is 1.06 bits per heavy atom. The summed E-state index contributed by atoms with van der Waals surface area (Å²) in [7, 11) is 0. The van der Waals surface area contributed by atoms with Crippen LogP contribution in [0.4, 0.5) is 32.0 Å². The summed E-state index contributed by atoms with van der Waals surface area (Å²) in [6, 6.07) is 11.6. The second-order valence-electron chi connectivity index (χ2n) is 7.07. The van der Waals surface area contributed by atoms with E-state index in [2.05, 4.69) is 0 Å². The maximum atomic E-state index is 13.3. The van der Waals surface area contributed by atoms with Crippen LogP contribution in [-0.2, 0) is 10.9 Å². The quantitative estimate of drug-likeness (QED) is 0.664. The van der Waals surface area contributed by atoms with Crippen LogP contribution in [0.15, 0.2) is 42.5 Å². The van der Waals surface area contributed by atoms with Gasteiger partial charge in [-0.1, -0.05) is 0 Å². The largest absolute Gasteiger partial charge is 0.491 e. The fourth-order valence-corrected chi connectivity index (χ4v) is 3.25. The summed E-state index contributed by atoms with van der Waals surface area (Å²) in [5, 5.41) is 27.5. The number of anilines is 1. The normalized spacial score (nSPS) is 19.6. The highest BCUT2D eigenvalue weighted by atomic mass is 19.4. The molecule has 0 spiro atoms. The molecule has 12 heteroatoms. The third kappa shape index (κ3) is 5.48. The van der Waals surface area contributed by atoms with E-state index >= 15 is 0 Å². The molecule has 0 saturated carbocycles. The van der Waals surface area contributed by atoms with Gasteiger partial charge in [-0.15, -0.1) is 0 Å². The fourth-order valence-electron chi connectivity index (χ4n) is 3.25. The summed E-state index contributed by atoms with van der Waals surface area (Å²) >= 11 is 0. The molecular formula is C21H15F6N3O3. The molecule has 3 atom stereocenters. The highest BCUT2D eigenvalue weighted by Crippen LogP contribution is 2.38. The van der Waals surface area contributed by atoms with Crippen LogP contribution in [0.2, 0.25) is 0 Å². The van der Waals surface area contributed by atoms with Gasteiger partial charge in [0.2, 0.25) is 0 Å². The van der Waals surface area contributed by atoms with Gasteiger partial charge in [-0.2, -0.15) is 36.9 Å². The summed E-state index contributed by atoms with van der Waals surface area (Å²) in [5.74, 6) is 0.293. The first-order valence-electron chi connectivity index (χ1n) is 9.35. The van der Waals surface area contributed by atoms with Crippen LogP contribution in [0, 0.1) is 22.7 Å². The number of ether oxygens (including phenoxy) is 2. The SMILES string of the molecule is N#Cc1ccc(OC[C@@H]2CN(c3ccc(C#N)c(C(F)(F)F)c3)C([C@H](O)C(F)(F)F)O2)cc1. The molecule has 1 aliphatic heterocycles. The Hall–Kier alpha value is -3.48. The van der Waals surface area contributed by atoms with Crippen LogP contribution in [0.25, 0.3) is 0 Å². The molecule has 1 unspecified atom stereocenters. The van der Waals surface area contributed by atoms with Gasteiger partial charge in [0.15, 0.2) is 12.3 Å². The maximum absolute atomic E-state index is 13.3. The predicted octanol–water partition coefficient (Wildman–Crippen LogP) is 3.98. The van der Waals surface area contributed by atoms with Crippen molar-refractivity contribution in [3.63, 3.8) is 0 Å². The molecule has 1 saturated heterocycles. The third-order valence-corrected chi connectivity index (χ3v) is 4.82. The number of hydrogen-bond acceptors (Lipinski definition) is 6. The molecule has 0 aliphatic carbocycles. The molecule has 1 heterocycles. The Bertz CT molecular complexity index is 1070. The molecule has 0 aromatic heterocycles. The highest BCUT2D eigenvalue weighted by molar-refractivity contribution is 5.56. The van der Waals surface area contributed by atoms with Gasteiger partial charge in [0.05, 0.1) is 35.4 Å². The summed E-state index contributed by atoms with van der Waals surface area (Å²) < 4.78 is 90.3. The standard InChI is InChI=1S/C21H15F6N3O3/c22-20(23,24)17-7-14(4-3-13(17)9-29)30-10-16(33-19(30)18(31)21(25,26)27)11-32-15-5-1-12(8-28)2-6-15/h1-7,16,18-19,31H,10-11H2/t16-,18-,19?/m0/s1. The topological polar surface area (TPSA) is 89.5 Å². The number of aliphatic hydroxyl groups is 1. The van der Waals surface area contributed by atoms with Gasteiger partial charge in [-0.3, -0.25) is 0 Å². The number of nitrogens with zero attached hydrogens (tertiary/aromatic N) is 3. The molecule has 1 aliphatic rings. The first kappa shape index (κ1) is 24.2. The van der Waals surface area contributed by atoms with Crippen molar-refractivity contribution >= 4 is 5.69 Å². The highest BCUT2D eigenvalue weighted by Gasteiger charge is 2.51. The number of aliphatic hydroxyl groups excluding tert-OH is 1. The van der Waals surface area contributed by atoms with Gasteiger partial charge >= 0.3 is 12.4 Å². The van der Waals surface area contributed by atoms with Crippen molar-refractivity contribution in [1.29, 1.82) is 10.5 Å². The maximum Gasteiger partial charge on any atom is 0.418 e. The lowest BCUT2D eigenvalue weighted by Crippen LogP contribution is -2.48. The average molecular weight is 471 g/mol. The van der Waals surface area contributed by atoms with E-state index in [0.717, 1.165) is 17.0 Å². The van der Waals surface area contributed by atoms with E-state index < -0.39 is 41.9 Å². The number of benzene rings is 2. The van der Waals surface area contributed by atoms with Crippen LogP contribution in [0.3, 0.4) is 0 Å². The molecule has 2 aromatic rings. The second-order valence-corrected chi connectivity index (χ2v) is 7.07. The lowest BCUT2D eigenvalue weighted by atomic mass is 10.1. The van der Waals surface area contributed by atoms with Gasteiger partial charge in [-0.25, -0.2) is 0 Å². The second kappa shape index (κ2) is 9.17. The van der Waals surface area contributed by atoms with Gasteiger partial charge in [0.25, 0.3) is 0 Å². The molecule has 1 N–H and O–H groups in total. The lowest BCUT2D eigenvalue weighted by molar-refractivity contribution is -0.234. The van der Waals surface area contributed by atoms with Crippen LogP contribution in [0.5, 0.6) is 5.75 Å². The molecule has 0 amide bonds. The summed E-state index contributed by atoms with van der Waals surface area (Å²) in [4.78, 5) is 0.849. The zero-order valence-corrected chi connectivity index (χ0v) is 16.6. The number of rotatable bonds is 5. The molecule has 6 nitrogen and oxygen atoms in total. The van der Waals surface area contributed by atoms with Crippen LogP contribution >= 0.6 is 0 Å². The van der Waals surface area contributed by atoms with E-state index in [1.165, 1.54) is 30.3 Å². The first-order chi connectivity index (χ1) is 15.4.